The van der Waals surface area contributed by atoms with Crippen LogP contribution in [0.3, 0.4) is 0 Å². The monoisotopic (exact) mass is 393 g/mol. The minimum atomic E-state index is -0.153. The van der Waals surface area contributed by atoms with E-state index in [9.17, 15) is 4.79 Å². The highest BCUT2D eigenvalue weighted by Crippen LogP contribution is 2.20. The van der Waals surface area contributed by atoms with Gasteiger partial charge in [0.1, 0.15) is 5.69 Å². The molecule has 3 aromatic rings. The van der Waals surface area contributed by atoms with E-state index >= 15 is 0 Å². The number of anilines is 1. The van der Waals surface area contributed by atoms with Crippen molar-refractivity contribution < 1.29 is 4.79 Å². The zero-order valence-electron chi connectivity index (χ0n) is 15.8. The Balaban J connectivity index is 1.40. The SMILES string of the molecule is CN1CCC[C@H]1/C=C/c1csc(NC(=O)c2cccn2Cc2ccncc2)n1. The van der Waals surface area contributed by atoms with E-state index in [1.54, 1.807) is 12.4 Å². The molecule has 1 atom stereocenters. The second-order valence-corrected chi connectivity index (χ2v) is 7.82. The molecule has 0 radical (unpaired) electrons. The summed E-state index contributed by atoms with van der Waals surface area (Å²) in [7, 11) is 2.15. The van der Waals surface area contributed by atoms with Crippen molar-refractivity contribution in [1.29, 1.82) is 0 Å². The molecule has 0 unspecified atom stereocenters. The third kappa shape index (κ3) is 4.37. The van der Waals surface area contributed by atoms with E-state index in [2.05, 4.69) is 33.3 Å². The van der Waals surface area contributed by atoms with Gasteiger partial charge in [0.25, 0.3) is 5.91 Å². The fourth-order valence-electron chi connectivity index (χ4n) is 3.41. The number of carbonyl (C=O) groups is 1. The summed E-state index contributed by atoms with van der Waals surface area (Å²) in [6, 6.07) is 8.08. The van der Waals surface area contributed by atoms with Gasteiger partial charge in [-0.1, -0.05) is 6.08 Å². The number of nitrogens with zero attached hydrogens (tertiary/aromatic N) is 4. The average molecular weight is 394 g/mol. The maximum Gasteiger partial charge on any atom is 0.274 e. The Bertz CT molecular complexity index is 962. The highest BCUT2D eigenvalue weighted by molar-refractivity contribution is 7.14. The molecule has 6 nitrogen and oxygen atoms in total. The lowest BCUT2D eigenvalue weighted by Gasteiger charge is -2.14. The Morgan fingerprint density at radius 2 is 2.21 bits per heavy atom. The van der Waals surface area contributed by atoms with Gasteiger partial charge in [0.15, 0.2) is 5.13 Å². The minimum absolute atomic E-state index is 0.153. The summed E-state index contributed by atoms with van der Waals surface area (Å²) in [5.41, 5.74) is 2.59. The predicted molar refractivity (Wildman–Crippen MR) is 113 cm³/mol. The number of likely N-dealkylation sites (tertiary alicyclic amines) is 1. The highest BCUT2D eigenvalue weighted by Gasteiger charge is 2.18. The highest BCUT2D eigenvalue weighted by atomic mass is 32.1. The van der Waals surface area contributed by atoms with E-state index in [-0.39, 0.29) is 5.91 Å². The molecule has 4 heterocycles. The molecule has 1 saturated heterocycles. The third-order valence-corrected chi connectivity index (χ3v) is 5.75. The van der Waals surface area contributed by atoms with E-state index in [0.29, 0.717) is 23.4 Å². The van der Waals surface area contributed by atoms with Crippen molar-refractivity contribution in [2.45, 2.75) is 25.4 Å². The Labute approximate surface area is 168 Å². The van der Waals surface area contributed by atoms with E-state index in [4.69, 9.17) is 0 Å². The maximum absolute atomic E-state index is 12.7. The molecule has 1 amide bonds. The first kappa shape index (κ1) is 18.6. The first-order valence-corrected chi connectivity index (χ1v) is 10.3. The van der Waals surface area contributed by atoms with Crippen LogP contribution in [0.25, 0.3) is 6.08 Å². The summed E-state index contributed by atoms with van der Waals surface area (Å²) in [5.74, 6) is -0.153. The summed E-state index contributed by atoms with van der Waals surface area (Å²) < 4.78 is 1.93. The van der Waals surface area contributed by atoms with E-state index in [0.717, 1.165) is 17.8 Å². The van der Waals surface area contributed by atoms with E-state index in [1.165, 1.54) is 24.2 Å². The van der Waals surface area contributed by atoms with Gasteiger partial charge in [-0.2, -0.15) is 0 Å². The smallest absolute Gasteiger partial charge is 0.274 e. The van der Waals surface area contributed by atoms with Crippen molar-refractivity contribution in [2.24, 2.45) is 0 Å². The second kappa shape index (κ2) is 8.50. The molecule has 1 fully saturated rings. The molecule has 0 aromatic carbocycles. The molecular formula is C21H23N5OS. The summed E-state index contributed by atoms with van der Waals surface area (Å²) in [6.45, 7) is 1.77. The summed E-state index contributed by atoms with van der Waals surface area (Å²) in [4.78, 5) is 23.6. The standard InChI is InChI=1S/C21H23N5OS/c1-25-12-2-4-18(25)7-6-17-15-28-21(23-17)24-20(27)19-5-3-13-26(19)14-16-8-10-22-11-9-16/h3,5-11,13,15,18H,2,4,12,14H2,1H3,(H,23,24,27)/b7-6+/t18-/m0/s1. The molecule has 4 rings (SSSR count). The summed E-state index contributed by atoms with van der Waals surface area (Å²) in [5, 5.41) is 5.50. The lowest BCUT2D eigenvalue weighted by atomic mass is 10.2. The van der Waals surface area contributed by atoms with Crippen LogP contribution in [0.2, 0.25) is 0 Å². The number of hydrogen-bond acceptors (Lipinski definition) is 5. The van der Waals surface area contributed by atoms with Crippen LogP contribution in [0.4, 0.5) is 5.13 Å². The Morgan fingerprint density at radius 3 is 3.00 bits per heavy atom. The largest absolute Gasteiger partial charge is 0.339 e. The molecule has 144 valence electrons. The van der Waals surface area contributed by atoms with Crippen molar-refractivity contribution in [1.82, 2.24) is 19.4 Å². The fraction of sp³-hybridized carbons (Fsp3) is 0.286. The number of carbonyl (C=O) groups excluding carboxylic acids is 1. The van der Waals surface area contributed by atoms with Crippen LogP contribution in [0.5, 0.6) is 0 Å². The topological polar surface area (TPSA) is 63.1 Å². The molecule has 0 saturated carbocycles. The van der Waals surface area contributed by atoms with Crippen molar-refractivity contribution in [3.8, 4) is 0 Å². The van der Waals surface area contributed by atoms with Gasteiger partial charge in [0, 0.05) is 36.6 Å². The normalized spacial score (nSPS) is 17.4. The van der Waals surface area contributed by atoms with Crippen molar-refractivity contribution in [3.63, 3.8) is 0 Å². The van der Waals surface area contributed by atoms with Gasteiger partial charge in [0.05, 0.1) is 5.69 Å². The van der Waals surface area contributed by atoms with Gasteiger partial charge < -0.3 is 4.57 Å². The lowest BCUT2D eigenvalue weighted by Crippen LogP contribution is -2.22. The van der Waals surface area contributed by atoms with Crippen molar-refractivity contribution >= 4 is 28.5 Å². The number of nitrogens with one attached hydrogen (secondary N) is 1. The van der Waals surface area contributed by atoms with Gasteiger partial charge in [-0.15, -0.1) is 11.3 Å². The van der Waals surface area contributed by atoms with Crippen molar-refractivity contribution in [3.05, 3.63) is 71.3 Å². The molecular weight excluding hydrogens is 370 g/mol. The van der Waals surface area contributed by atoms with Crippen LogP contribution in [0, 0.1) is 0 Å². The van der Waals surface area contributed by atoms with Crippen LogP contribution in [0.15, 0.2) is 54.3 Å². The number of pyridine rings is 1. The second-order valence-electron chi connectivity index (χ2n) is 6.96. The Kier molecular flexibility index (Phi) is 5.64. The average Bonchev–Trinajstić information content (AvgIpc) is 3.43. The van der Waals surface area contributed by atoms with Gasteiger partial charge >= 0.3 is 0 Å². The molecule has 1 aliphatic rings. The number of amides is 1. The van der Waals surface area contributed by atoms with Crippen LogP contribution in [-0.4, -0.2) is 45.0 Å². The first-order chi connectivity index (χ1) is 13.7. The molecule has 1 N–H and O–H groups in total. The summed E-state index contributed by atoms with van der Waals surface area (Å²) >= 11 is 1.44. The number of thiazole rings is 1. The molecule has 28 heavy (non-hydrogen) atoms. The first-order valence-electron chi connectivity index (χ1n) is 9.38. The van der Waals surface area contributed by atoms with Gasteiger partial charge in [-0.25, -0.2) is 4.98 Å². The molecule has 0 spiro atoms. The molecule has 3 aromatic heterocycles. The van der Waals surface area contributed by atoms with Gasteiger partial charge in [-0.3, -0.25) is 20.0 Å². The number of rotatable bonds is 6. The Morgan fingerprint density at radius 1 is 1.36 bits per heavy atom. The predicted octanol–water partition coefficient (Wildman–Crippen LogP) is 3.75. The molecule has 0 bridgehead atoms. The number of aromatic nitrogens is 3. The van der Waals surface area contributed by atoms with Gasteiger partial charge in [-0.05, 0) is 62.3 Å². The van der Waals surface area contributed by atoms with Crippen molar-refractivity contribution in [2.75, 3.05) is 18.9 Å². The number of hydrogen-bond donors (Lipinski definition) is 1. The fourth-order valence-corrected chi connectivity index (χ4v) is 4.09. The quantitative estimate of drug-likeness (QED) is 0.693. The van der Waals surface area contributed by atoms with E-state index in [1.807, 2.05) is 46.5 Å². The van der Waals surface area contributed by atoms with Crippen LogP contribution < -0.4 is 5.32 Å². The van der Waals surface area contributed by atoms with Crippen LogP contribution >= 0.6 is 11.3 Å². The minimum Gasteiger partial charge on any atom is -0.339 e. The Hall–Kier alpha value is -2.77. The number of likely N-dealkylation sites (N-methyl/N-ethyl adjacent to an activating group) is 1. The maximum atomic E-state index is 12.7. The molecule has 7 heteroatoms. The van der Waals surface area contributed by atoms with Crippen LogP contribution in [-0.2, 0) is 6.54 Å². The zero-order valence-corrected chi connectivity index (χ0v) is 16.6. The molecule has 0 aliphatic carbocycles. The lowest BCUT2D eigenvalue weighted by molar-refractivity contribution is 0.101. The van der Waals surface area contributed by atoms with Crippen LogP contribution in [0.1, 0.15) is 34.6 Å². The summed E-state index contributed by atoms with van der Waals surface area (Å²) in [6.07, 6.45) is 12.1. The van der Waals surface area contributed by atoms with Gasteiger partial charge in [0.2, 0.25) is 0 Å². The zero-order chi connectivity index (χ0) is 19.3. The van der Waals surface area contributed by atoms with E-state index < -0.39 is 0 Å². The molecule has 1 aliphatic heterocycles. The third-order valence-electron chi connectivity index (χ3n) is 4.97.